The summed E-state index contributed by atoms with van der Waals surface area (Å²) in [5.41, 5.74) is 5.62. The highest BCUT2D eigenvalue weighted by Crippen LogP contribution is 2.29. The number of rotatable bonds is 2. The van der Waals surface area contributed by atoms with Crippen molar-refractivity contribution in [2.45, 2.75) is 0 Å². The molecule has 1 heterocycles. The fraction of sp³-hybridized carbons (Fsp3) is 0. The molecule has 21 heavy (non-hydrogen) atoms. The first kappa shape index (κ1) is 13.5. The van der Waals surface area contributed by atoms with Gasteiger partial charge in [-0.2, -0.15) is 0 Å². The molecular formula is C15H10F2N2OS. The number of carbonyl (C=O) groups is 1. The minimum atomic E-state index is -1.16. The Labute approximate surface area is 123 Å². The van der Waals surface area contributed by atoms with Crippen LogP contribution in [0.15, 0.2) is 41.8 Å². The second-order valence-corrected chi connectivity index (χ2v) is 5.34. The van der Waals surface area contributed by atoms with Gasteiger partial charge in [0, 0.05) is 15.5 Å². The van der Waals surface area contributed by atoms with Crippen molar-refractivity contribution in [3.05, 3.63) is 59.0 Å². The molecule has 0 radical (unpaired) electrons. The van der Waals surface area contributed by atoms with Gasteiger partial charge in [-0.25, -0.2) is 8.78 Å². The second-order valence-electron chi connectivity index (χ2n) is 4.43. The number of hydrogen-bond acceptors (Lipinski definition) is 3. The molecule has 0 aliphatic heterocycles. The first-order valence-corrected chi connectivity index (χ1v) is 6.97. The van der Waals surface area contributed by atoms with Crippen molar-refractivity contribution in [2.24, 2.45) is 0 Å². The quantitative estimate of drug-likeness (QED) is 0.703. The number of halogens is 2. The van der Waals surface area contributed by atoms with Gasteiger partial charge >= 0.3 is 0 Å². The lowest BCUT2D eigenvalue weighted by Crippen LogP contribution is -2.14. The van der Waals surface area contributed by atoms with Gasteiger partial charge in [0.25, 0.3) is 5.91 Å². The van der Waals surface area contributed by atoms with Crippen LogP contribution in [-0.2, 0) is 0 Å². The zero-order valence-electron chi connectivity index (χ0n) is 10.7. The third-order valence-electron chi connectivity index (χ3n) is 3.09. The smallest absolute Gasteiger partial charge is 0.257 e. The molecule has 0 aliphatic carbocycles. The SMILES string of the molecule is Nc1ccc(F)c(F)c1NC(=O)c1csc2ccccc12. The number of fused-ring (bicyclic) bond motifs is 1. The standard InChI is InChI=1S/C15H10F2N2OS/c16-10-5-6-11(18)14(13(10)17)19-15(20)9-7-21-12-4-2-1-3-8(9)12/h1-7H,18H2,(H,19,20). The Morgan fingerprint density at radius 3 is 2.71 bits per heavy atom. The molecule has 0 fully saturated rings. The lowest BCUT2D eigenvalue weighted by molar-refractivity contribution is 0.102. The van der Waals surface area contributed by atoms with Crippen molar-refractivity contribution >= 4 is 38.7 Å². The number of nitrogens with two attached hydrogens (primary N) is 1. The van der Waals surface area contributed by atoms with E-state index in [-0.39, 0.29) is 11.4 Å². The van der Waals surface area contributed by atoms with E-state index >= 15 is 0 Å². The fourth-order valence-electron chi connectivity index (χ4n) is 2.03. The number of benzene rings is 2. The van der Waals surface area contributed by atoms with E-state index in [4.69, 9.17) is 5.73 Å². The van der Waals surface area contributed by atoms with Gasteiger partial charge in [0.2, 0.25) is 0 Å². The molecule has 1 aromatic heterocycles. The molecular weight excluding hydrogens is 294 g/mol. The number of carbonyl (C=O) groups excluding carboxylic acids is 1. The van der Waals surface area contributed by atoms with Gasteiger partial charge in [-0.3, -0.25) is 4.79 Å². The maximum absolute atomic E-state index is 13.7. The van der Waals surface area contributed by atoms with Crippen molar-refractivity contribution < 1.29 is 13.6 Å². The predicted molar refractivity (Wildman–Crippen MR) is 80.5 cm³/mol. The van der Waals surface area contributed by atoms with Crippen LogP contribution < -0.4 is 11.1 Å². The van der Waals surface area contributed by atoms with Gasteiger partial charge < -0.3 is 11.1 Å². The summed E-state index contributed by atoms with van der Waals surface area (Å²) in [6.45, 7) is 0. The highest BCUT2D eigenvalue weighted by Gasteiger charge is 2.17. The molecule has 0 atom stereocenters. The summed E-state index contributed by atoms with van der Waals surface area (Å²) in [6, 6.07) is 9.48. The zero-order valence-corrected chi connectivity index (χ0v) is 11.5. The molecule has 6 heteroatoms. The Hall–Kier alpha value is -2.47. The van der Waals surface area contributed by atoms with Crippen LogP contribution in [0.25, 0.3) is 10.1 Å². The molecule has 3 rings (SSSR count). The summed E-state index contributed by atoms with van der Waals surface area (Å²) in [4.78, 5) is 12.3. The maximum atomic E-state index is 13.7. The molecule has 2 aromatic carbocycles. The van der Waals surface area contributed by atoms with E-state index in [1.54, 1.807) is 11.4 Å². The van der Waals surface area contributed by atoms with Crippen LogP contribution in [0.5, 0.6) is 0 Å². The molecule has 0 saturated heterocycles. The van der Waals surface area contributed by atoms with Crippen LogP contribution in [0.3, 0.4) is 0 Å². The minimum absolute atomic E-state index is 0.0261. The minimum Gasteiger partial charge on any atom is -0.397 e. The van der Waals surface area contributed by atoms with Crippen LogP contribution in [0, 0.1) is 11.6 Å². The number of anilines is 2. The Kier molecular flexibility index (Phi) is 3.31. The monoisotopic (exact) mass is 304 g/mol. The largest absolute Gasteiger partial charge is 0.397 e. The van der Waals surface area contributed by atoms with Crippen molar-refractivity contribution in [3.8, 4) is 0 Å². The number of amides is 1. The highest BCUT2D eigenvalue weighted by molar-refractivity contribution is 7.17. The number of nitrogens with one attached hydrogen (secondary N) is 1. The van der Waals surface area contributed by atoms with Crippen LogP contribution in [-0.4, -0.2) is 5.91 Å². The van der Waals surface area contributed by atoms with Crippen molar-refractivity contribution in [3.63, 3.8) is 0 Å². The molecule has 3 nitrogen and oxygen atoms in total. The lowest BCUT2D eigenvalue weighted by Gasteiger charge is -2.09. The summed E-state index contributed by atoms with van der Waals surface area (Å²) in [7, 11) is 0. The summed E-state index contributed by atoms with van der Waals surface area (Å²) in [5.74, 6) is -2.75. The fourth-order valence-corrected chi connectivity index (χ4v) is 2.97. The van der Waals surface area contributed by atoms with Gasteiger partial charge in [-0.15, -0.1) is 11.3 Å². The van der Waals surface area contributed by atoms with Crippen molar-refractivity contribution in [1.82, 2.24) is 0 Å². The van der Waals surface area contributed by atoms with Crippen LogP contribution in [0.2, 0.25) is 0 Å². The van der Waals surface area contributed by atoms with E-state index in [1.165, 1.54) is 17.4 Å². The topological polar surface area (TPSA) is 55.1 Å². The normalized spacial score (nSPS) is 10.8. The molecule has 3 aromatic rings. The van der Waals surface area contributed by atoms with Gasteiger partial charge in [-0.05, 0) is 18.2 Å². The van der Waals surface area contributed by atoms with Crippen LogP contribution >= 0.6 is 11.3 Å². The summed E-state index contributed by atoms with van der Waals surface area (Å²) < 4.78 is 27.9. The van der Waals surface area contributed by atoms with E-state index < -0.39 is 17.5 Å². The molecule has 0 bridgehead atoms. The summed E-state index contributed by atoms with van der Waals surface area (Å²) in [5, 5.41) is 4.78. The summed E-state index contributed by atoms with van der Waals surface area (Å²) in [6.07, 6.45) is 0. The zero-order chi connectivity index (χ0) is 15.0. The predicted octanol–water partition coefficient (Wildman–Crippen LogP) is 4.01. The molecule has 0 unspecified atom stereocenters. The Bertz CT molecular complexity index is 845. The summed E-state index contributed by atoms with van der Waals surface area (Å²) >= 11 is 1.40. The van der Waals surface area contributed by atoms with E-state index in [0.717, 1.165) is 16.2 Å². The third-order valence-corrected chi connectivity index (χ3v) is 4.05. The Morgan fingerprint density at radius 1 is 1.14 bits per heavy atom. The molecule has 1 amide bonds. The third kappa shape index (κ3) is 2.34. The lowest BCUT2D eigenvalue weighted by atomic mass is 10.1. The molecule has 3 N–H and O–H groups in total. The van der Waals surface area contributed by atoms with Gasteiger partial charge in [-0.1, -0.05) is 18.2 Å². The number of thiophene rings is 1. The molecule has 0 spiro atoms. The van der Waals surface area contributed by atoms with Crippen molar-refractivity contribution in [2.75, 3.05) is 11.1 Å². The first-order chi connectivity index (χ1) is 10.1. The highest BCUT2D eigenvalue weighted by atomic mass is 32.1. The van der Waals surface area contributed by atoms with E-state index in [0.29, 0.717) is 5.56 Å². The van der Waals surface area contributed by atoms with Gasteiger partial charge in [0.05, 0.1) is 11.3 Å². The molecule has 0 aliphatic rings. The van der Waals surface area contributed by atoms with Crippen LogP contribution in [0.1, 0.15) is 10.4 Å². The van der Waals surface area contributed by atoms with Gasteiger partial charge in [0.1, 0.15) is 5.69 Å². The van der Waals surface area contributed by atoms with E-state index in [1.807, 2.05) is 18.2 Å². The van der Waals surface area contributed by atoms with E-state index in [2.05, 4.69) is 5.32 Å². The second kappa shape index (κ2) is 5.14. The maximum Gasteiger partial charge on any atom is 0.257 e. The molecule has 0 saturated carbocycles. The average Bonchev–Trinajstić information content (AvgIpc) is 2.91. The first-order valence-electron chi connectivity index (χ1n) is 6.09. The molecule has 106 valence electrons. The van der Waals surface area contributed by atoms with Crippen LogP contribution in [0.4, 0.5) is 20.2 Å². The average molecular weight is 304 g/mol. The van der Waals surface area contributed by atoms with E-state index in [9.17, 15) is 13.6 Å². The Morgan fingerprint density at radius 2 is 1.90 bits per heavy atom. The van der Waals surface area contributed by atoms with Crippen molar-refractivity contribution in [1.29, 1.82) is 0 Å². The Balaban J connectivity index is 1.99. The number of nitrogen functional groups attached to an aromatic ring is 1. The van der Waals surface area contributed by atoms with Gasteiger partial charge in [0.15, 0.2) is 11.6 Å². The number of hydrogen-bond donors (Lipinski definition) is 2.